The van der Waals surface area contributed by atoms with Gasteiger partial charge >= 0.3 is 0 Å². The Hall–Kier alpha value is -2.54. The lowest BCUT2D eigenvalue weighted by Crippen LogP contribution is -2.43. The van der Waals surface area contributed by atoms with Crippen molar-refractivity contribution < 1.29 is 19.1 Å². The van der Waals surface area contributed by atoms with Gasteiger partial charge in [-0.2, -0.15) is 0 Å². The number of hydrogen-bond donors (Lipinski definition) is 2. The number of amides is 2. The molecule has 0 spiro atoms. The average Bonchev–Trinajstić information content (AvgIpc) is 2.65. The first-order valence-corrected chi connectivity index (χ1v) is 9.28. The fourth-order valence-corrected chi connectivity index (χ4v) is 2.90. The number of aryl methyl sites for hydroxylation is 3. The molecule has 0 aliphatic heterocycles. The third kappa shape index (κ3) is 6.60. The summed E-state index contributed by atoms with van der Waals surface area (Å²) in [4.78, 5) is 23.7. The van der Waals surface area contributed by atoms with Gasteiger partial charge in [0.15, 0.2) is 6.61 Å². The smallest absolute Gasteiger partial charge is 0.276 e. The van der Waals surface area contributed by atoms with Gasteiger partial charge < -0.3 is 9.47 Å². The van der Waals surface area contributed by atoms with Gasteiger partial charge in [-0.25, -0.2) is 0 Å². The molecule has 0 saturated heterocycles. The molecule has 0 aliphatic carbocycles. The quantitative estimate of drug-likeness (QED) is 0.655. The fourth-order valence-electron chi connectivity index (χ4n) is 2.31. The summed E-state index contributed by atoms with van der Waals surface area (Å²) in [6.45, 7) is 3.81. The van der Waals surface area contributed by atoms with Crippen LogP contribution in [0.1, 0.15) is 23.1 Å². The summed E-state index contributed by atoms with van der Waals surface area (Å²) in [6.07, 6.45) is 0.792. The van der Waals surface area contributed by atoms with E-state index in [0.717, 1.165) is 26.9 Å². The van der Waals surface area contributed by atoms with Crippen molar-refractivity contribution in [2.45, 2.75) is 26.7 Å². The Morgan fingerprint density at radius 2 is 1.74 bits per heavy atom. The summed E-state index contributed by atoms with van der Waals surface area (Å²) in [5, 5.41) is 0. The van der Waals surface area contributed by atoms with Crippen LogP contribution < -0.4 is 20.3 Å². The molecule has 0 bridgehead atoms. The minimum Gasteiger partial charge on any atom is -0.496 e. The summed E-state index contributed by atoms with van der Waals surface area (Å²) in [5.74, 6) is 0.652. The van der Waals surface area contributed by atoms with E-state index in [1.807, 2.05) is 44.2 Å². The molecule has 27 heavy (non-hydrogen) atoms. The molecular weight excluding hydrogens is 412 g/mol. The highest BCUT2D eigenvalue weighted by atomic mass is 79.9. The Bertz CT molecular complexity index is 824. The van der Waals surface area contributed by atoms with Crippen LogP contribution in [0.3, 0.4) is 0 Å². The number of nitrogens with one attached hydrogen (secondary N) is 2. The molecule has 0 fully saturated rings. The van der Waals surface area contributed by atoms with Crippen molar-refractivity contribution in [1.29, 1.82) is 0 Å². The van der Waals surface area contributed by atoms with Gasteiger partial charge in [0.25, 0.3) is 5.91 Å². The van der Waals surface area contributed by atoms with Gasteiger partial charge in [-0.3, -0.25) is 20.4 Å². The van der Waals surface area contributed by atoms with Crippen molar-refractivity contribution in [3.8, 4) is 11.5 Å². The zero-order valence-corrected chi connectivity index (χ0v) is 17.2. The SMILES string of the molecule is COc1ccc(CCC(=O)NNC(=O)COc2ccc(C)c(C)c2)cc1Br. The number of methoxy groups -OCH3 is 1. The molecule has 2 rings (SSSR count). The van der Waals surface area contributed by atoms with E-state index in [2.05, 4.69) is 26.8 Å². The summed E-state index contributed by atoms with van der Waals surface area (Å²) in [5.41, 5.74) is 7.98. The molecule has 2 N–H and O–H groups in total. The second-order valence-corrected chi connectivity index (χ2v) is 6.95. The maximum atomic E-state index is 11.9. The van der Waals surface area contributed by atoms with Crippen LogP contribution in [0.15, 0.2) is 40.9 Å². The third-order valence-corrected chi connectivity index (χ3v) is 4.67. The Balaban J connectivity index is 1.70. The van der Waals surface area contributed by atoms with E-state index in [4.69, 9.17) is 9.47 Å². The van der Waals surface area contributed by atoms with Gasteiger partial charge in [-0.05, 0) is 77.2 Å². The zero-order chi connectivity index (χ0) is 19.8. The highest BCUT2D eigenvalue weighted by Crippen LogP contribution is 2.25. The molecule has 0 saturated carbocycles. The van der Waals surface area contributed by atoms with Crippen LogP contribution >= 0.6 is 15.9 Å². The van der Waals surface area contributed by atoms with E-state index < -0.39 is 5.91 Å². The summed E-state index contributed by atoms with van der Waals surface area (Å²) in [6, 6.07) is 11.2. The predicted molar refractivity (Wildman–Crippen MR) is 107 cm³/mol. The summed E-state index contributed by atoms with van der Waals surface area (Å²) < 4.78 is 11.4. The number of rotatable bonds is 7. The Labute approximate surface area is 167 Å². The molecule has 0 aromatic heterocycles. The lowest BCUT2D eigenvalue weighted by molar-refractivity contribution is -0.130. The highest BCUT2D eigenvalue weighted by Gasteiger charge is 2.08. The van der Waals surface area contributed by atoms with E-state index in [1.54, 1.807) is 13.2 Å². The minimum atomic E-state index is -0.422. The van der Waals surface area contributed by atoms with Crippen molar-refractivity contribution >= 4 is 27.7 Å². The van der Waals surface area contributed by atoms with Crippen LogP contribution in [0.4, 0.5) is 0 Å². The van der Waals surface area contributed by atoms with Gasteiger partial charge in [0.05, 0.1) is 11.6 Å². The lowest BCUT2D eigenvalue weighted by Gasteiger charge is -2.10. The van der Waals surface area contributed by atoms with Crippen LogP contribution in [0.5, 0.6) is 11.5 Å². The Morgan fingerprint density at radius 3 is 2.41 bits per heavy atom. The zero-order valence-electron chi connectivity index (χ0n) is 15.6. The predicted octanol–water partition coefficient (Wildman–Crippen LogP) is 3.23. The number of hydrogen-bond acceptors (Lipinski definition) is 4. The molecule has 0 radical (unpaired) electrons. The van der Waals surface area contributed by atoms with Crippen LogP contribution in [0, 0.1) is 13.8 Å². The Kier molecular flexibility index (Phi) is 7.67. The first-order chi connectivity index (χ1) is 12.9. The second kappa shape index (κ2) is 9.97. The minimum absolute atomic E-state index is 0.172. The molecule has 2 aromatic rings. The highest BCUT2D eigenvalue weighted by molar-refractivity contribution is 9.10. The van der Waals surface area contributed by atoms with E-state index in [1.165, 1.54) is 0 Å². The van der Waals surface area contributed by atoms with Gasteiger partial charge in [-0.1, -0.05) is 12.1 Å². The van der Waals surface area contributed by atoms with Gasteiger partial charge in [-0.15, -0.1) is 0 Å². The molecule has 7 heteroatoms. The maximum Gasteiger partial charge on any atom is 0.276 e. The van der Waals surface area contributed by atoms with Gasteiger partial charge in [0, 0.05) is 6.42 Å². The van der Waals surface area contributed by atoms with Crippen molar-refractivity contribution in [2.75, 3.05) is 13.7 Å². The molecule has 144 valence electrons. The molecule has 0 heterocycles. The van der Waals surface area contributed by atoms with Gasteiger partial charge in [0.1, 0.15) is 11.5 Å². The molecule has 0 aliphatic rings. The monoisotopic (exact) mass is 434 g/mol. The molecular formula is C20H23BrN2O4. The second-order valence-electron chi connectivity index (χ2n) is 6.10. The molecule has 0 atom stereocenters. The van der Waals surface area contributed by atoms with Crippen molar-refractivity contribution in [3.05, 3.63) is 57.6 Å². The number of benzene rings is 2. The Morgan fingerprint density at radius 1 is 1.00 bits per heavy atom. The normalized spacial score (nSPS) is 10.2. The van der Waals surface area contributed by atoms with Crippen LogP contribution in [-0.4, -0.2) is 25.5 Å². The van der Waals surface area contributed by atoms with Crippen molar-refractivity contribution in [1.82, 2.24) is 10.9 Å². The van der Waals surface area contributed by atoms with E-state index in [9.17, 15) is 9.59 Å². The third-order valence-electron chi connectivity index (χ3n) is 4.05. The largest absolute Gasteiger partial charge is 0.496 e. The van der Waals surface area contributed by atoms with E-state index >= 15 is 0 Å². The topological polar surface area (TPSA) is 76.7 Å². The van der Waals surface area contributed by atoms with Crippen molar-refractivity contribution in [2.24, 2.45) is 0 Å². The molecule has 6 nitrogen and oxygen atoms in total. The standard InChI is InChI=1S/C20H23BrN2O4/c1-13-4-7-16(10-14(13)2)27-12-20(25)23-22-19(24)9-6-15-5-8-18(26-3)17(21)11-15/h4-5,7-8,10-11H,6,9,12H2,1-3H3,(H,22,24)(H,23,25). The van der Waals surface area contributed by atoms with Crippen molar-refractivity contribution in [3.63, 3.8) is 0 Å². The fraction of sp³-hybridized carbons (Fsp3) is 0.300. The maximum absolute atomic E-state index is 11.9. The molecule has 0 unspecified atom stereocenters. The van der Waals surface area contributed by atoms with Gasteiger partial charge in [0.2, 0.25) is 5.91 Å². The molecule has 2 aromatic carbocycles. The summed E-state index contributed by atoms with van der Waals surface area (Å²) >= 11 is 3.41. The summed E-state index contributed by atoms with van der Waals surface area (Å²) in [7, 11) is 1.60. The van der Waals surface area contributed by atoms with Crippen LogP contribution in [0.25, 0.3) is 0 Å². The first kappa shape index (κ1) is 20.8. The van der Waals surface area contributed by atoms with E-state index in [-0.39, 0.29) is 18.9 Å². The van der Waals surface area contributed by atoms with Crippen LogP contribution in [-0.2, 0) is 16.0 Å². The van der Waals surface area contributed by atoms with Crippen LogP contribution in [0.2, 0.25) is 0 Å². The lowest BCUT2D eigenvalue weighted by atomic mass is 10.1. The number of halogens is 1. The number of ether oxygens (including phenoxy) is 2. The van der Waals surface area contributed by atoms with E-state index in [0.29, 0.717) is 12.2 Å². The first-order valence-electron chi connectivity index (χ1n) is 8.49. The number of hydrazine groups is 1. The number of carbonyl (C=O) groups is 2. The number of carbonyl (C=O) groups excluding carboxylic acids is 2. The average molecular weight is 435 g/mol. The molecule has 2 amide bonds.